The van der Waals surface area contributed by atoms with Crippen LogP contribution in [-0.2, 0) is 4.79 Å². The van der Waals surface area contributed by atoms with Crippen LogP contribution in [0.4, 0.5) is 0 Å². The first-order valence-electron chi connectivity index (χ1n) is 4.79. The van der Waals surface area contributed by atoms with Crippen molar-refractivity contribution in [3.05, 3.63) is 0 Å². The van der Waals surface area contributed by atoms with Crippen LogP contribution in [0.1, 0.15) is 19.8 Å². The zero-order chi connectivity index (χ0) is 9.84. The molecule has 2 N–H and O–H groups in total. The van der Waals surface area contributed by atoms with Gasteiger partial charge in [0.1, 0.15) is 0 Å². The summed E-state index contributed by atoms with van der Waals surface area (Å²) in [5.41, 5.74) is 0. The Hall–Kier alpha value is -0.610. The lowest BCUT2D eigenvalue weighted by molar-refractivity contribution is -0.135. The maximum absolute atomic E-state index is 11.6. The predicted octanol–water partition coefficient (Wildman–Crippen LogP) is -0.422. The Labute approximate surface area is 78.9 Å². The summed E-state index contributed by atoms with van der Waals surface area (Å²) in [6, 6.07) is -0.148. The Morgan fingerprint density at radius 1 is 1.69 bits per heavy atom. The highest BCUT2D eigenvalue weighted by molar-refractivity contribution is 5.81. The first-order chi connectivity index (χ1) is 6.15. The molecule has 1 rings (SSSR count). The molecule has 1 unspecified atom stereocenters. The fourth-order valence-electron chi connectivity index (χ4n) is 1.55. The maximum Gasteiger partial charge on any atom is 0.239 e. The van der Waals surface area contributed by atoms with Gasteiger partial charge in [-0.2, -0.15) is 0 Å². The number of aliphatic hydroxyl groups excluding tert-OH is 1. The summed E-state index contributed by atoms with van der Waals surface area (Å²) in [6.07, 6.45) is 1.39. The Balaban J connectivity index is 2.46. The van der Waals surface area contributed by atoms with Crippen LogP contribution < -0.4 is 5.32 Å². The molecular weight excluding hydrogens is 168 g/mol. The average molecular weight is 186 g/mol. The predicted molar refractivity (Wildman–Crippen MR) is 50.3 cm³/mol. The van der Waals surface area contributed by atoms with Gasteiger partial charge in [-0.1, -0.05) is 0 Å². The summed E-state index contributed by atoms with van der Waals surface area (Å²) in [5, 5.41) is 12.3. The summed E-state index contributed by atoms with van der Waals surface area (Å²) in [4.78, 5) is 13.4. The molecule has 2 atom stereocenters. The number of β-amino-alcohol motifs (C(OH)–C–C–N with tert-alkyl or cyclic N) is 1. The van der Waals surface area contributed by atoms with E-state index in [1.807, 2.05) is 6.92 Å². The molecule has 0 radical (unpaired) electrons. The third-order valence-corrected chi connectivity index (χ3v) is 2.51. The van der Waals surface area contributed by atoms with Crippen LogP contribution >= 0.6 is 0 Å². The molecule has 0 aromatic heterocycles. The Morgan fingerprint density at radius 2 is 2.38 bits per heavy atom. The second kappa shape index (κ2) is 4.58. The van der Waals surface area contributed by atoms with Crippen LogP contribution in [0.2, 0.25) is 0 Å². The highest BCUT2D eigenvalue weighted by Gasteiger charge is 2.24. The van der Waals surface area contributed by atoms with E-state index >= 15 is 0 Å². The molecule has 4 heteroatoms. The minimum absolute atomic E-state index is 0.0845. The number of rotatable bonds is 2. The van der Waals surface area contributed by atoms with E-state index in [1.165, 1.54) is 0 Å². The summed E-state index contributed by atoms with van der Waals surface area (Å²) < 4.78 is 0. The zero-order valence-electron chi connectivity index (χ0n) is 8.29. The van der Waals surface area contributed by atoms with Crippen molar-refractivity contribution in [1.29, 1.82) is 0 Å². The summed E-state index contributed by atoms with van der Waals surface area (Å²) in [7, 11) is 1.77. The molecule has 1 heterocycles. The van der Waals surface area contributed by atoms with Crippen molar-refractivity contribution in [1.82, 2.24) is 10.2 Å². The smallest absolute Gasteiger partial charge is 0.239 e. The fourth-order valence-corrected chi connectivity index (χ4v) is 1.55. The average Bonchev–Trinajstić information content (AvgIpc) is 2.15. The number of likely N-dealkylation sites (N-methyl/N-ethyl adjacent to an activating group) is 1. The van der Waals surface area contributed by atoms with Gasteiger partial charge in [-0.15, -0.1) is 0 Å². The molecule has 1 amide bonds. The summed E-state index contributed by atoms with van der Waals surface area (Å²) in [6.45, 7) is 3.11. The van der Waals surface area contributed by atoms with Gasteiger partial charge in [0.25, 0.3) is 0 Å². The summed E-state index contributed by atoms with van der Waals surface area (Å²) >= 11 is 0. The van der Waals surface area contributed by atoms with Gasteiger partial charge in [0.2, 0.25) is 5.91 Å². The molecule has 0 aromatic rings. The van der Waals surface area contributed by atoms with Crippen LogP contribution in [-0.4, -0.2) is 48.2 Å². The van der Waals surface area contributed by atoms with E-state index in [0.717, 1.165) is 19.4 Å². The van der Waals surface area contributed by atoms with Crippen molar-refractivity contribution in [2.75, 3.05) is 20.1 Å². The van der Waals surface area contributed by atoms with E-state index in [9.17, 15) is 9.90 Å². The van der Waals surface area contributed by atoms with Crippen LogP contribution in [0.5, 0.6) is 0 Å². The monoisotopic (exact) mass is 186 g/mol. The largest absolute Gasteiger partial charge is 0.391 e. The number of likely N-dealkylation sites (tertiary alicyclic amines) is 1. The molecule has 76 valence electrons. The molecule has 13 heavy (non-hydrogen) atoms. The van der Waals surface area contributed by atoms with Gasteiger partial charge in [0.05, 0.1) is 12.1 Å². The number of hydrogen-bond donors (Lipinski definition) is 2. The van der Waals surface area contributed by atoms with Crippen LogP contribution in [0.15, 0.2) is 0 Å². The van der Waals surface area contributed by atoms with Gasteiger partial charge in [0, 0.05) is 13.1 Å². The first-order valence-corrected chi connectivity index (χ1v) is 4.79. The third-order valence-electron chi connectivity index (χ3n) is 2.51. The Morgan fingerprint density at radius 3 is 2.92 bits per heavy atom. The molecule has 4 nitrogen and oxygen atoms in total. The van der Waals surface area contributed by atoms with E-state index in [1.54, 1.807) is 11.9 Å². The fraction of sp³-hybridized carbons (Fsp3) is 0.889. The SMILES string of the molecule is CN[C@@H](C)C(=O)N1CCCC(O)C1. The number of hydrogen-bond acceptors (Lipinski definition) is 3. The number of nitrogens with one attached hydrogen (secondary N) is 1. The number of amides is 1. The quantitative estimate of drug-likeness (QED) is 0.615. The third kappa shape index (κ3) is 2.67. The molecule has 0 saturated carbocycles. The van der Waals surface area contributed by atoms with Crippen LogP contribution in [0, 0.1) is 0 Å². The zero-order valence-corrected chi connectivity index (χ0v) is 8.29. The highest BCUT2D eigenvalue weighted by Crippen LogP contribution is 2.10. The molecule has 0 aliphatic carbocycles. The van der Waals surface area contributed by atoms with E-state index in [4.69, 9.17) is 0 Å². The number of aliphatic hydroxyl groups is 1. The van der Waals surface area contributed by atoms with Crippen molar-refractivity contribution >= 4 is 5.91 Å². The topological polar surface area (TPSA) is 52.6 Å². The molecule has 0 aromatic carbocycles. The minimum Gasteiger partial charge on any atom is -0.391 e. The highest BCUT2D eigenvalue weighted by atomic mass is 16.3. The van der Waals surface area contributed by atoms with Crippen molar-refractivity contribution in [2.45, 2.75) is 31.9 Å². The van der Waals surface area contributed by atoms with Crippen molar-refractivity contribution in [2.24, 2.45) is 0 Å². The second-order valence-electron chi connectivity index (χ2n) is 3.59. The van der Waals surface area contributed by atoms with Gasteiger partial charge in [-0.05, 0) is 26.8 Å². The number of carbonyl (C=O) groups excluding carboxylic acids is 1. The van der Waals surface area contributed by atoms with Gasteiger partial charge in [-0.25, -0.2) is 0 Å². The van der Waals surface area contributed by atoms with E-state index < -0.39 is 0 Å². The molecule has 1 saturated heterocycles. The Kier molecular flexibility index (Phi) is 3.69. The van der Waals surface area contributed by atoms with Crippen LogP contribution in [0.25, 0.3) is 0 Å². The number of nitrogens with zero attached hydrogens (tertiary/aromatic N) is 1. The maximum atomic E-state index is 11.6. The molecule has 1 aliphatic heterocycles. The molecule has 0 spiro atoms. The van der Waals surface area contributed by atoms with Crippen molar-refractivity contribution < 1.29 is 9.90 Å². The first kappa shape index (κ1) is 10.5. The number of piperidine rings is 1. The van der Waals surface area contributed by atoms with Gasteiger partial charge >= 0.3 is 0 Å². The molecule has 1 fully saturated rings. The summed E-state index contributed by atoms with van der Waals surface area (Å²) in [5.74, 6) is 0.0845. The Bertz CT molecular complexity index is 184. The lowest BCUT2D eigenvalue weighted by Crippen LogP contribution is -2.49. The van der Waals surface area contributed by atoms with E-state index in [0.29, 0.717) is 6.54 Å². The minimum atomic E-state index is -0.332. The normalized spacial score (nSPS) is 25.8. The number of carbonyl (C=O) groups is 1. The van der Waals surface area contributed by atoms with Gasteiger partial charge in [-0.3, -0.25) is 4.79 Å². The molecule has 0 bridgehead atoms. The van der Waals surface area contributed by atoms with Crippen molar-refractivity contribution in [3.63, 3.8) is 0 Å². The molecular formula is C9H18N2O2. The van der Waals surface area contributed by atoms with Crippen molar-refractivity contribution in [3.8, 4) is 0 Å². The second-order valence-corrected chi connectivity index (χ2v) is 3.59. The van der Waals surface area contributed by atoms with E-state index in [-0.39, 0.29) is 18.1 Å². The molecule has 1 aliphatic rings. The van der Waals surface area contributed by atoms with E-state index in [2.05, 4.69) is 5.32 Å². The standard InChI is InChI=1S/C9H18N2O2/c1-7(10-2)9(13)11-5-3-4-8(12)6-11/h7-8,10,12H,3-6H2,1-2H3/t7-,8?/m0/s1. The van der Waals surface area contributed by atoms with Crippen LogP contribution in [0.3, 0.4) is 0 Å². The van der Waals surface area contributed by atoms with Gasteiger partial charge in [0.15, 0.2) is 0 Å². The van der Waals surface area contributed by atoms with Gasteiger partial charge < -0.3 is 15.3 Å². The lowest BCUT2D eigenvalue weighted by atomic mass is 10.1. The lowest BCUT2D eigenvalue weighted by Gasteiger charge is -2.31.